The lowest BCUT2D eigenvalue weighted by Crippen LogP contribution is -2.28. The van der Waals surface area contributed by atoms with E-state index in [0.717, 1.165) is 23.1 Å². The number of amides is 2. The summed E-state index contributed by atoms with van der Waals surface area (Å²) in [5.74, 6) is -0.194. The number of nitrogens with one attached hydrogen (secondary N) is 2. The quantitative estimate of drug-likeness (QED) is 0.760. The minimum absolute atomic E-state index is 0.0287. The maximum Gasteiger partial charge on any atom is 0.232 e. The van der Waals surface area contributed by atoms with E-state index in [1.807, 2.05) is 48.5 Å². The van der Waals surface area contributed by atoms with Gasteiger partial charge in [-0.05, 0) is 36.2 Å². The molecule has 1 saturated heterocycles. The summed E-state index contributed by atoms with van der Waals surface area (Å²) < 4.78 is 0. The zero-order valence-corrected chi connectivity index (χ0v) is 14.5. The van der Waals surface area contributed by atoms with Crippen LogP contribution < -0.4 is 10.2 Å². The number of aromatic amines is 1. The van der Waals surface area contributed by atoms with E-state index >= 15 is 0 Å². The highest BCUT2D eigenvalue weighted by Gasteiger charge is 2.35. The first-order valence-corrected chi connectivity index (χ1v) is 8.79. The molecule has 0 spiro atoms. The Kier molecular flexibility index (Phi) is 4.16. The third-order valence-corrected chi connectivity index (χ3v) is 4.78. The molecule has 0 bridgehead atoms. The predicted molar refractivity (Wildman–Crippen MR) is 101 cm³/mol. The molecule has 1 aliphatic heterocycles. The first kappa shape index (κ1) is 16.3. The Balaban J connectivity index is 1.46. The number of carbonyl (C=O) groups is 2. The fourth-order valence-electron chi connectivity index (χ4n) is 3.28. The zero-order valence-electron chi connectivity index (χ0n) is 14.5. The van der Waals surface area contributed by atoms with Gasteiger partial charge in [0.1, 0.15) is 0 Å². The van der Waals surface area contributed by atoms with Crippen LogP contribution in [0, 0.1) is 5.92 Å². The van der Waals surface area contributed by atoms with Gasteiger partial charge in [-0.2, -0.15) is 0 Å². The van der Waals surface area contributed by atoms with Crippen molar-refractivity contribution < 1.29 is 9.59 Å². The van der Waals surface area contributed by atoms with E-state index in [4.69, 9.17) is 0 Å². The Hall–Kier alpha value is -3.15. The van der Waals surface area contributed by atoms with Crippen LogP contribution in [0.25, 0.3) is 11.0 Å². The van der Waals surface area contributed by atoms with E-state index in [1.165, 1.54) is 5.56 Å². The van der Waals surface area contributed by atoms with Crippen molar-refractivity contribution in [2.24, 2.45) is 5.92 Å². The zero-order chi connectivity index (χ0) is 18.1. The van der Waals surface area contributed by atoms with Crippen LogP contribution >= 0.6 is 0 Å². The molecule has 0 aliphatic carbocycles. The van der Waals surface area contributed by atoms with Crippen molar-refractivity contribution in [3.8, 4) is 0 Å². The Bertz CT molecular complexity index is 928. The Labute approximate surface area is 151 Å². The molecule has 1 fully saturated rings. The standard InChI is InChI=1S/C20H20N4O2/c1-2-13-7-9-15(10-8-13)24-12-14(11-18(24)25)19(26)23-20-21-16-5-3-4-6-17(16)22-20/h3-10,14H,2,11-12H2,1H3,(H2,21,22,23,26)/t14-/m0/s1. The molecule has 6 heteroatoms. The number of para-hydroxylation sites is 2. The summed E-state index contributed by atoms with van der Waals surface area (Å²) in [5.41, 5.74) is 3.72. The number of hydrogen-bond donors (Lipinski definition) is 2. The molecule has 1 aromatic heterocycles. The maximum absolute atomic E-state index is 12.6. The molecule has 1 atom stereocenters. The van der Waals surface area contributed by atoms with Gasteiger partial charge in [0.15, 0.2) is 0 Å². The molecule has 2 heterocycles. The van der Waals surface area contributed by atoms with Crippen molar-refractivity contribution in [2.45, 2.75) is 19.8 Å². The van der Waals surface area contributed by atoms with Crippen LogP contribution in [0.1, 0.15) is 18.9 Å². The summed E-state index contributed by atoms with van der Waals surface area (Å²) in [6, 6.07) is 15.5. The number of benzene rings is 2. The first-order valence-electron chi connectivity index (χ1n) is 8.79. The van der Waals surface area contributed by atoms with E-state index < -0.39 is 0 Å². The number of nitrogens with zero attached hydrogens (tertiary/aromatic N) is 2. The summed E-state index contributed by atoms with van der Waals surface area (Å²) in [6.07, 6.45) is 1.17. The topological polar surface area (TPSA) is 78.1 Å². The second-order valence-corrected chi connectivity index (χ2v) is 6.52. The average Bonchev–Trinajstić information content (AvgIpc) is 3.24. The van der Waals surface area contributed by atoms with Gasteiger partial charge in [0.25, 0.3) is 0 Å². The van der Waals surface area contributed by atoms with E-state index in [9.17, 15) is 9.59 Å². The lowest BCUT2D eigenvalue weighted by atomic mass is 10.1. The smallest absolute Gasteiger partial charge is 0.232 e. The second-order valence-electron chi connectivity index (χ2n) is 6.52. The molecular formula is C20H20N4O2. The van der Waals surface area contributed by atoms with Crippen LogP contribution in [0.3, 0.4) is 0 Å². The number of rotatable bonds is 4. The molecule has 4 rings (SSSR count). The lowest BCUT2D eigenvalue weighted by molar-refractivity contribution is -0.122. The molecule has 26 heavy (non-hydrogen) atoms. The first-order chi connectivity index (χ1) is 12.6. The van der Waals surface area contributed by atoms with Crippen molar-refractivity contribution in [1.82, 2.24) is 9.97 Å². The molecule has 2 N–H and O–H groups in total. The number of carbonyl (C=O) groups excluding carboxylic acids is 2. The Morgan fingerprint density at radius 2 is 2.00 bits per heavy atom. The largest absolute Gasteiger partial charge is 0.324 e. The van der Waals surface area contributed by atoms with Crippen LogP contribution in [0.2, 0.25) is 0 Å². The lowest BCUT2D eigenvalue weighted by Gasteiger charge is -2.17. The molecule has 3 aromatic rings. The minimum Gasteiger partial charge on any atom is -0.324 e. The highest BCUT2D eigenvalue weighted by Crippen LogP contribution is 2.26. The maximum atomic E-state index is 12.6. The minimum atomic E-state index is -0.387. The average molecular weight is 348 g/mol. The summed E-state index contributed by atoms with van der Waals surface area (Å²) in [5, 5.41) is 2.80. The van der Waals surface area contributed by atoms with Crippen LogP contribution in [-0.4, -0.2) is 28.3 Å². The number of aromatic nitrogens is 2. The summed E-state index contributed by atoms with van der Waals surface area (Å²) >= 11 is 0. The molecule has 0 radical (unpaired) electrons. The summed E-state index contributed by atoms with van der Waals surface area (Å²) in [7, 11) is 0. The van der Waals surface area contributed by atoms with Gasteiger partial charge in [-0.3, -0.25) is 14.9 Å². The second kappa shape index (κ2) is 6.63. The SMILES string of the molecule is CCc1ccc(N2C[C@@H](C(=O)Nc3nc4ccccc4[nH]3)CC2=O)cc1. The fraction of sp³-hybridized carbons (Fsp3) is 0.250. The van der Waals surface area contributed by atoms with Gasteiger partial charge in [0.05, 0.1) is 17.0 Å². The normalized spacial score (nSPS) is 17.0. The number of aryl methyl sites for hydroxylation is 1. The highest BCUT2D eigenvalue weighted by molar-refractivity contribution is 6.03. The van der Waals surface area contributed by atoms with E-state index in [0.29, 0.717) is 12.5 Å². The monoisotopic (exact) mass is 348 g/mol. The van der Waals surface area contributed by atoms with Crippen molar-refractivity contribution >= 4 is 34.5 Å². The Morgan fingerprint density at radius 1 is 1.23 bits per heavy atom. The van der Waals surface area contributed by atoms with Gasteiger partial charge in [0.2, 0.25) is 17.8 Å². The molecule has 2 amide bonds. The molecule has 6 nitrogen and oxygen atoms in total. The number of H-pyrrole nitrogens is 1. The number of hydrogen-bond acceptors (Lipinski definition) is 3. The number of fused-ring (bicyclic) bond motifs is 1. The van der Waals surface area contributed by atoms with Crippen LogP contribution in [0.15, 0.2) is 48.5 Å². The Morgan fingerprint density at radius 3 is 2.73 bits per heavy atom. The predicted octanol–water partition coefficient (Wildman–Crippen LogP) is 3.12. The fourth-order valence-corrected chi connectivity index (χ4v) is 3.28. The number of anilines is 2. The third kappa shape index (κ3) is 3.06. The van der Waals surface area contributed by atoms with E-state index in [-0.39, 0.29) is 24.2 Å². The van der Waals surface area contributed by atoms with Crippen LogP contribution in [-0.2, 0) is 16.0 Å². The van der Waals surface area contributed by atoms with Gasteiger partial charge in [0, 0.05) is 18.7 Å². The van der Waals surface area contributed by atoms with Gasteiger partial charge in [-0.15, -0.1) is 0 Å². The molecule has 2 aromatic carbocycles. The van der Waals surface area contributed by atoms with Gasteiger partial charge < -0.3 is 9.88 Å². The van der Waals surface area contributed by atoms with E-state index in [1.54, 1.807) is 4.90 Å². The highest BCUT2D eigenvalue weighted by atomic mass is 16.2. The molecule has 132 valence electrons. The number of imidazole rings is 1. The molecular weight excluding hydrogens is 328 g/mol. The van der Waals surface area contributed by atoms with Crippen LogP contribution in [0.5, 0.6) is 0 Å². The summed E-state index contributed by atoms with van der Waals surface area (Å²) in [6.45, 7) is 2.48. The summed E-state index contributed by atoms with van der Waals surface area (Å²) in [4.78, 5) is 34.0. The van der Waals surface area contributed by atoms with Crippen molar-refractivity contribution in [2.75, 3.05) is 16.8 Å². The van der Waals surface area contributed by atoms with Crippen molar-refractivity contribution in [3.05, 3.63) is 54.1 Å². The van der Waals surface area contributed by atoms with Gasteiger partial charge in [-0.25, -0.2) is 4.98 Å². The van der Waals surface area contributed by atoms with Crippen LogP contribution in [0.4, 0.5) is 11.6 Å². The third-order valence-electron chi connectivity index (χ3n) is 4.78. The van der Waals surface area contributed by atoms with Crippen molar-refractivity contribution in [3.63, 3.8) is 0 Å². The van der Waals surface area contributed by atoms with E-state index in [2.05, 4.69) is 22.2 Å². The molecule has 0 unspecified atom stereocenters. The van der Waals surface area contributed by atoms with Gasteiger partial charge in [-0.1, -0.05) is 31.2 Å². The van der Waals surface area contributed by atoms with Crippen molar-refractivity contribution in [1.29, 1.82) is 0 Å². The van der Waals surface area contributed by atoms with Gasteiger partial charge >= 0.3 is 0 Å². The molecule has 0 saturated carbocycles. The molecule has 1 aliphatic rings.